The number of nitrogens with zero attached hydrogens (tertiary/aromatic N) is 2. The molecule has 0 saturated carbocycles. The fourth-order valence-electron chi connectivity index (χ4n) is 5.91. The maximum atomic E-state index is 5.53. The lowest BCUT2D eigenvalue weighted by Crippen LogP contribution is -2.44. The largest absolute Gasteiger partial charge is 0.350 e. The lowest BCUT2D eigenvalue weighted by Gasteiger charge is -2.32. The molecule has 0 saturated heterocycles. The number of amidine groups is 1. The molecule has 0 amide bonds. The molecule has 5 nitrogen and oxygen atoms in total. The van der Waals surface area contributed by atoms with Gasteiger partial charge >= 0.3 is 0 Å². The molecular formula is C39H33N5. The molecule has 6 aromatic carbocycles. The molecule has 1 heterocycles. The third-order valence-corrected chi connectivity index (χ3v) is 8.30. The summed E-state index contributed by atoms with van der Waals surface area (Å²) in [6, 6.07) is 51.1. The van der Waals surface area contributed by atoms with Gasteiger partial charge in [-0.05, 0) is 56.6 Å². The number of hydrogen-bond donors (Lipinski definition) is 3. The Kier molecular flexibility index (Phi) is 7.45. The molecule has 1 aliphatic heterocycles. The summed E-state index contributed by atoms with van der Waals surface area (Å²) in [5.74, 6) is 6.41. The number of fused-ring (bicyclic) bond motifs is 1. The van der Waals surface area contributed by atoms with Crippen LogP contribution in [-0.2, 0) is 0 Å². The molecule has 1 aliphatic rings. The Morgan fingerprint density at radius 2 is 1.30 bits per heavy atom. The van der Waals surface area contributed by atoms with Gasteiger partial charge in [0.05, 0.1) is 5.71 Å². The molecular weight excluding hydrogens is 538 g/mol. The van der Waals surface area contributed by atoms with E-state index in [2.05, 4.69) is 137 Å². The van der Waals surface area contributed by atoms with E-state index in [0.717, 1.165) is 44.9 Å². The molecule has 6 aromatic rings. The number of hydrogen-bond acceptors (Lipinski definition) is 5. The molecule has 44 heavy (non-hydrogen) atoms. The normalized spacial score (nSPS) is 16.8. The van der Waals surface area contributed by atoms with Gasteiger partial charge in [0, 0.05) is 5.56 Å². The van der Waals surface area contributed by atoms with Gasteiger partial charge in [-0.2, -0.15) is 5.10 Å². The quantitative estimate of drug-likeness (QED) is 0.107. The van der Waals surface area contributed by atoms with Crippen molar-refractivity contribution in [2.45, 2.75) is 19.3 Å². The summed E-state index contributed by atoms with van der Waals surface area (Å²) in [4.78, 5) is 5.05. The predicted molar refractivity (Wildman–Crippen MR) is 182 cm³/mol. The van der Waals surface area contributed by atoms with Crippen molar-refractivity contribution in [3.05, 3.63) is 168 Å². The van der Waals surface area contributed by atoms with Gasteiger partial charge in [-0.1, -0.05) is 146 Å². The van der Waals surface area contributed by atoms with E-state index in [0.29, 0.717) is 0 Å². The molecule has 2 unspecified atom stereocenters. The first-order valence-electron chi connectivity index (χ1n) is 14.9. The Morgan fingerprint density at radius 1 is 0.636 bits per heavy atom. The van der Waals surface area contributed by atoms with E-state index in [-0.39, 0.29) is 12.3 Å². The van der Waals surface area contributed by atoms with Crippen LogP contribution in [0.1, 0.15) is 41.5 Å². The second-order valence-corrected chi connectivity index (χ2v) is 11.0. The molecule has 0 bridgehead atoms. The Hall–Kier alpha value is -5.52. The number of nitrogens with two attached hydrogens (primary N) is 1. The van der Waals surface area contributed by atoms with E-state index in [4.69, 9.17) is 10.8 Å². The van der Waals surface area contributed by atoms with Crippen molar-refractivity contribution in [3.8, 4) is 22.3 Å². The zero-order valence-corrected chi connectivity index (χ0v) is 24.5. The summed E-state index contributed by atoms with van der Waals surface area (Å²) in [7, 11) is 0. The lowest BCUT2D eigenvalue weighted by atomic mass is 9.89. The van der Waals surface area contributed by atoms with Crippen LogP contribution < -0.4 is 16.5 Å². The summed E-state index contributed by atoms with van der Waals surface area (Å²) < 4.78 is 0. The van der Waals surface area contributed by atoms with Crippen molar-refractivity contribution in [2.24, 2.45) is 15.9 Å². The van der Waals surface area contributed by atoms with Crippen molar-refractivity contribution < 1.29 is 0 Å². The zero-order chi connectivity index (χ0) is 29.9. The highest BCUT2D eigenvalue weighted by Gasteiger charge is 2.25. The van der Waals surface area contributed by atoms with Gasteiger partial charge in [0.25, 0.3) is 0 Å². The van der Waals surface area contributed by atoms with Crippen LogP contribution in [0.2, 0.25) is 0 Å². The van der Waals surface area contributed by atoms with Gasteiger partial charge in [-0.3, -0.25) is 5.32 Å². The summed E-state index contributed by atoms with van der Waals surface area (Å²) in [5.41, 5.74) is 9.87. The molecule has 0 spiro atoms. The van der Waals surface area contributed by atoms with Crippen LogP contribution >= 0.6 is 0 Å². The highest BCUT2D eigenvalue weighted by Crippen LogP contribution is 2.39. The van der Waals surface area contributed by atoms with E-state index in [1.54, 1.807) is 0 Å². The smallest absolute Gasteiger partial charge is 0.131 e. The topological polar surface area (TPSA) is 74.8 Å². The van der Waals surface area contributed by atoms with Crippen LogP contribution in [0.15, 0.2) is 156 Å². The van der Waals surface area contributed by atoms with Gasteiger partial charge in [0.15, 0.2) is 0 Å². The molecule has 0 radical (unpaired) electrons. The Morgan fingerprint density at radius 3 is 2.02 bits per heavy atom. The monoisotopic (exact) mass is 571 g/mol. The van der Waals surface area contributed by atoms with E-state index < -0.39 is 0 Å². The molecule has 4 N–H and O–H groups in total. The average Bonchev–Trinajstić information content (AvgIpc) is 3.11. The molecule has 214 valence electrons. The number of hydrazone groups is 1. The minimum Gasteiger partial charge on any atom is -0.350 e. The zero-order valence-electron chi connectivity index (χ0n) is 24.5. The fourth-order valence-corrected chi connectivity index (χ4v) is 5.91. The van der Waals surface area contributed by atoms with E-state index in [9.17, 15) is 0 Å². The fraction of sp³-hybridized carbons (Fsp3) is 0.0769. The van der Waals surface area contributed by atoms with E-state index >= 15 is 0 Å². The van der Waals surface area contributed by atoms with Gasteiger partial charge in [-0.15, -0.1) is 0 Å². The Bertz CT molecular complexity index is 1960. The first-order valence-corrected chi connectivity index (χ1v) is 14.9. The summed E-state index contributed by atoms with van der Waals surface area (Å²) in [6.45, 7) is 1.92. The third-order valence-electron chi connectivity index (χ3n) is 8.30. The first-order chi connectivity index (χ1) is 21.7. The number of nitrogens with one attached hydrogen (secondary N) is 2. The molecule has 0 fully saturated rings. The van der Waals surface area contributed by atoms with Gasteiger partial charge in [-0.25, -0.2) is 4.99 Å². The maximum Gasteiger partial charge on any atom is 0.131 e. The minimum atomic E-state index is -0.169. The van der Waals surface area contributed by atoms with Gasteiger partial charge in [0.1, 0.15) is 18.2 Å². The second-order valence-electron chi connectivity index (χ2n) is 11.0. The van der Waals surface area contributed by atoms with Crippen molar-refractivity contribution in [2.75, 3.05) is 0 Å². The van der Waals surface area contributed by atoms with Crippen LogP contribution in [-0.4, -0.2) is 11.5 Å². The molecule has 2 atom stereocenters. The SMILES string of the molecule is C/C(=N\N)c1ccc(-c2ccc3ccccc3c2-c2ccc(C3NC(c4ccccc4)=NC(c4ccccc4)N3)cc2)cc1. The van der Waals surface area contributed by atoms with Crippen LogP contribution in [0, 0.1) is 0 Å². The van der Waals surface area contributed by atoms with Crippen LogP contribution in [0.4, 0.5) is 0 Å². The first kappa shape index (κ1) is 27.3. The van der Waals surface area contributed by atoms with Crippen LogP contribution in [0.5, 0.6) is 0 Å². The van der Waals surface area contributed by atoms with Crippen LogP contribution in [0.25, 0.3) is 33.0 Å². The number of rotatable bonds is 6. The highest BCUT2D eigenvalue weighted by molar-refractivity contribution is 6.05. The minimum absolute atomic E-state index is 0.117. The van der Waals surface area contributed by atoms with E-state index in [1.807, 2.05) is 31.2 Å². The second kappa shape index (κ2) is 12.0. The molecule has 5 heteroatoms. The number of aliphatic imine (C=N–C) groups is 1. The van der Waals surface area contributed by atoms with Crippen molar-refractivity contribution in [3.63, 3.8) is 0 Å². The summed E-state index contributed by atoms with van der Waals surface area (Å²) >= 11 is 0. The van der Waals surface area contributed by atoms with Crippen molar-refractivity contribution in [1.29, 1.82) is 0 Å². The van der Waals surface area contributed by atoms with Crippen molar-refractivity contribution in [1.82, 2.24) is 10.6 Å². The molecule has 7 rings (SSSR count). The average molecular weight is 572 g/mol. The number of benzene rings is 6. The lowest BCUT2D eigenvalue weighted by molar-refractivity contribution is 0.409. The van der Waals surface area contributed by atoms with Crippen molar-refractivity contribution >= 4 is 22.3 Å². The van der Waals surface area contributed by atoms with Gasteiger partial charge < -0.3 is 11.2 Å². The molecule has 0 aliphatic carbocycles. The van der Waals surface area contributed by atoms with Gasteiger partial charge in [0.2, 0.25) is 0 Å². The Balaban J connectivity index is 1.27. The van der Waals surface area contributed by atoms with E-state index in [1.165, 1.54) is 21.9 Å². The summed E-state index contributed by atoms with van der Waals surface area (Å²) in [5, 5.41) is 13.7. The van der Waals surface area contributed by atoms with Crippen LogP contribution in [0.3, 0.4) is 0 Å². The summed E-state index contributed by atoms with van der Waals surface area (Å²) in [6.07, 6.45) is -0.285. The highest BCUT2D eigenvalue weighted by atomic mass is 15.3. The Labute approximate surface area is 257 Å². The predicted octanol–water partition coefficient (Wildman–Crippen LogP) is 8.19. The third kappa shape index (κ3) is 5.37. The maximum absolute atomic E-state index is 5.53. The molecule has 0 aromatic heterocycles. The standard InChI is InChI=1S/C39H33N5/c1-26(44-40)27-16-18-29(19-17-27)35-25-24-28-10-8-9-15-34(28)36(35)30-20-22-33(23-21-30)39-42-37(31-11-4-2-5-12-31)41-38(43-39)32-13-6-3-7-14-32/h2-25,37,39,42H,40H2,1H3,(H,41,43)/b44-26+.